The van der Waals surface area contributed by atoms with Crippen molar-refractivity contribution in [3.05, 3.63) is 46.3 Å². The lowest BCUT2D eigenvalue weighted by atomic mass is 9.96. The van der Waals surface area contributed by atoms with E-state index in [1.165, 1.54) is 12.1 Å². The number of nitrogens with zero attached hydrogens (tertiary/aromatic N) is 1. The van der Waals surface area contributed by atoms with E-state index >= 15 is 0 Å². The van der Waals surface area contributed by atoms with E-state index in [0.29, 0.717) is 15.6 Å². The van der Waals surface area contributed by atoms with Crippen molar-refractivity contribution in [1.29, 1.82) is 0 Å². The SMILES string of the molecule is NC1(C(=O)c2ccc(Br)cc2)NC(=O)N([C@@H]2O[C@H](CO)[C@@H](O)[C@H]2O)C=C1F. The number of urea groups is 1. The molecule has 1 saturated heterocycles. The summed E-state index contributed by atoms with van der Waals surface area (Å²) in [6, 6.07) is 4.94. The summed E-state index contributed by atoms with van der Waals surface area (Å²) in [7, 11) is 0. The molecule has 1 aromatic rings. The Kier molecular flexibility index (Phi) is 5.34. The van der Waals surface area contributed by atoms with Crippen LogP contribution in [0.15, 0.2) is 40.8 Å². The number of hydrogen-bond acceptors (Lipinski definition) is 7. The van der Waals surface area contributed by atoms with Gasteiger partial charge in [-0.3, -0.25) is 15.4 Å². The zero-order valence-electron chi connectivity index (χ0n) is 13.8. The number of aliphatic hydroxyl groups excluding tert-OH is 3. The van der Waals surface area contributed by atoms with Crippen molar-refractivity contribution < 1.29 is 34.0 Å². The Labute approximate surface area is 161 Å². The molecule has 146 valence electrons. The standard InChI is InChI=1S/C16H17BrFN3O6/c17-8-3-1-7(2-4-8)13(25)16(19)10(18)5-21(15(26)20-16)14-12(24)11(23)9(6-22)27-14/h1-5,9,11-12,14,22-24H,6,19H2,(H,20,26)/t9-,11-,12-,14-,16?/m1/s1. The summed E-state index contributed by atoms with van der Waals surface area (Å²) in [6.07, 6.45) is -5.04. The summed E-state index contributed by atoms with van der Waals surface area (Å²) in [4.78, 5) is 25.7. The predicted octanol–water partition coefficient (Wildman–Crippen LogP) is -0.438. The highest BCUT2D eigenvalue weighted by molar-refractivity contribution is 9.10. The largest absolute Gasteiger partial charge is 0.394 e. The third kappa shape index (κ3) is 3.37. The highest BCUT2D eigenvalue weighted by Gasteiger charge is 2.51. The van der Waals surface area contributed by atoms with E-state index in [-0.39, 0.29) is 5.56 Å². The van der Waals surface area contributed by atoms with Crippen LogP contribution in [-0.2, 0) is 4.74 Å². The average molecular weight is 446 g/mol. The van der Waals surface area contributed by atoms with Gasteiger partial charge < -0.3 is 25.4 Å². The van der Waals surface area contributed by atoms with Gasteiger partial charge in [0.1, 0.15) is 18.3 Å². The molecule has 0 radical (unpaired) electrons. The number of carbonyl (C=O) groups excluding carboxylic acids is 2. The zero-order valence-corrected chi connectivity index (χ0v) is 15.3. The van der Waals surface area contributed by atoms with Crippen LogP contribution in [0.3, 0.4) is 0 Å². The minimum atomic E-state index is -2.43. The third-order valence-corrected chi connectivity index (χ3v) is 4.95. The molecule has 0 saturated carbocycles. The van der Waals surface area contributed by atoms with Gasteiger partial charge in [-0.05, 0) is 12.1 Å². The Hall–Kier alpha value is -1.89. The maximum Gasteiger partial charge on any atom is 0.325 e. The van der Waals surface area contributed by atoms with Crippen molar-refractivity contribution in [2.75, 3.05) is 6.61 Å². The number of ether oxygens (including phenoxy) is 1. The van der Waals surface area contributed by atoms with Crippen molar-refractivity contribution in [3.63, 3.8) is 0 Å². The molecule has 2 aliphatic heterocycles. The molecule has 2 heterocycles. The van der Waals surface area contributed by atoms with Gasteiger partial charge >= 0.3 is 6.03 Å². The summed E-state index contributed by atoms with van der Waals surface area (Å²) in [5, 5.41) is 31.0. The van der Waals surface area contributed by atoms with Crippen molar-refractivity contribution >= 4 is 27.7 Å². The Morgan fingerprint density at radius 1 is 1.33 bits per heavy atom. The second kappa shape index (κ2) is 7.26. The second-order valence-corrected chi connectivity index (χ2v) is 7.10. The molecule has 9 nitrogen and oxygen atoms in total. The van der Waals surface area contributed by atoms with E-state index in [0.717, 1.165) is 0 Å². The Morgan fingerprint density at radius 3 is 2.52 bits per heavy atom. The van der Waals surface area contributed by atoms with Gasteiger partial charge in [-0.2, -0.15) is 0 Å². The zero-order chi connectivity index (χ0) is 19.9. The van der Waals surface area contributed by atoms with E-state index in [9.17, 15) is 24.2 Å². The van der Waals surface area contributed by atoms with Gasteiger partial charge in [0, 0.05) is 16.2 Å². The van der Waals surface area contributed by atoms with Crippen LogP contribution in [0, 0.1) is 0 Å². The summed E-state index contributed by atoms with van der Waals surface area (Å²) in [6.45, 7) is -0.612. The van der Waals surface area contributed by atoms with Gasteiger partial charge in [0.15, 0.2) is 12.1 Å². The summed E-state index contributed by atoms with van der Waals surface area (Å²) in [5.74, 6) is -2.06. The minimum absolute atomic E-state index is 0.0749. The van der Waals surface area contributed by atoms with E-state index in [1.807, 2.05) is 0 Å². The van der Waals surface area contributed by atoms with Crippen molar-refractivity contribution in [2.24, 2.45) is 5.73 Å². The molecule has 0 aromatic heterocycles. The third-order valence-electron chi connectivity index (χ3n) is 4.42. The van der Waals surface area contributed by atoms with Crippen LogP contribution in [0.25, 0.3) is 0 Å². The van der Waals surface area contributed by atoms with E-state index in [1.54, 1.807) is 12.1 Å². The van der Waals surface area contributed by atoms with E-state index in [2.05, 4.69) is 21.2 Å². The Morgan fingerprint density at radius 2 is 1.96 bits per heavy atom. The number of nitrogens with one attached hydrogen (secondary N) is 1. The molecule has 3 rings (SSSR count). The number of ketones is 1. The number of rotatable bonds is 4. The molecular weight excluding hydrogens is 429 g/mol. The van der Waals surface area contributed by atoms with Crippen molar-refractivity contribution in [2.45, 2.75) is 30.2 Å². The first-order chi connectivity index (χ1) is 12.7. The number of halogens is 2. The molecule has 1 fully saturated rings. The fraction of sp³-hybridized carbons (Fsp3) is 0.375. The number of Topliss-reactive ketones (excluding diaryl/α,β-unsaturated/α-hetero) is 1. The first kappa shape index (κ1) is 19.9. The summed E-state index contributed by atoms with van der Waals surface area (Å²) < 4.78 is 20.6. The van der Waals surface area contributed by atoms with Crippen LogP contribution in [0.1, 0.15) is 10.4 Å². The fourth-order valence-corrected chi connectivity index (χ4v) is 3.13. The molecule has 0 aliphatic carbocycles. The normalized spacial score (nSPS) is 33.6. The molecule has 6 N–H and O–H groups in total. The van der Waals surface area contributed by atoms with Crippen LogP contribution in [0.5, 0.6) is 0 Å². The predicted molar refractivity (Wildman–Crippen MR) is 92.7 cm³/mol. The molecule has 2 amide bonds. The average Bonchev–Trinajstić information content (AvgIpc) is 2.93. The van der Waals surface area contributed by atoms with Gasteiger partial charge in [0.05, 0.1) is 6.61 Å². The monoisotopic (exact) mass is 445 g/mol. The molecule has 1 aromatic carbocycles. The molecule has 27 heavy (non-hydrogen) atoms. The van der Waals surface area contributed by atoms with E-state index in [4.69, 9.17) is 15.6 Å². The van der Waals surface area contributed by atoms with Gasteiger partial charge in [0.25, 0.3) is 0 Å². The molecule has 0 spiro atoms. The van der Waals surface area contributed by atoms with Crippen LogP contribution in [0.4, 0.5) is 9.18 Å². The number of nitrogens with two attached hydrogens (primary N) is 1. The van der Waals surface area contributed by atoms with Gasteiger partial charge in [-0.25, -0.2) is 9.18 Å². The molecular formula is C16H17BrFN3O6. The first-order valence-corrected chi connectivity index (χ1v) is 8.68. The number of hydrogen-bond donors (Lipinski definition) is 5. The maximum absolute atomic E-state index is 14.7. The number of benzene rings is 1. The number of amides is 2. The lowest BCUT2D eigenvalue weighted by Gasteiger charge is -2.37. The number of aliphatic hydroxyl groups is 3. The van der Waals surface area contributed by atoms with Crippen LogP contribution in [0.2, 0.25) is 0 Å². The Bertz CT molecular complexity index is 791. The van der Waals surface area contributed by atoms with Crippen LogP contribution in [-0.4, -0.2) is 68.8 Å². The Balaban J connectivity index is 1.88. The van der Waals surface area contributed by atoms with Gasteiger partial charge in [-0.15, -0.1) is 0 Å². The van der Waals surface area contributed by atoms with Crippen LogP contribution < -0.4 is 11.1 Å². The maximum atomic E-state index is 14.7. The van der Waals surface area contributed by atoms with Gasteiger partial charge in [-0.1, -0.05) is 28.1 Å². The van der Waals surface area contributed by atoms with Crippen molar-refractivity contribution in [3.8, 4) is 0 Å². The molecule has 2 aliphatic rings. The number of carbonyl (C=O) groups is 2. The summed E-state index contributed by atoms with van der Waals surface area (Å²) >= 11 is 3.21. The fourth-order valence-electron chi connectivity index (χ4n) is 2.87. The molecule has 11 heteroatoms. The summed E-state index contributed by atoms with van der Waals surface area (Å²) in [5.41, 5.74) is 3.47. The minimum Gasteiger partial charge on any atom is -0.394 e. The smallest absolute Gasteiger partial charge is 0.325 e. The first-order valence-electron chi connectivity index (χ1n) is 7.89. The highest BCUT2D eigenvalue weighted by atomic mass is 79.9. The lowest BCUT2D eigenvalue weighted by molar-refractivity contribution is -0.0679. The molecule has 1 unspecified atom stereocenters. The second-order valence-electron chi connectivity index (χ2n) is 6.19. The molecule has 0 bridgehead atoms. The highest BCUT2D eigenvalue weighted by Crippen LogP contribution is 2.30. The molecule has 5 atom stereocenters. The van der Waals surface area contributed by atoms with Gasteiger partial charge in [0.2, 0.25) is 11.4 Å². The quantitative estimate of drug-likeness (QED) is 0.395. The topological polar surface area (TPSA) is 145 Å². The van der Waals surface area contributed by atoms with E-state index < -0.39 is 54.5 Å². The van der Waals surface area contributed by atoms with Crippen molar-refractivity contribution in [1.82, 2.24) is 10.2 Å². The lowest BCUT2D eigenvalue weighted by Crippen LogP contribution is -2.68. The van der Waals surface area contributed by atoms with Crippen LogP contribution >= 0.6 is 15.9 Å².